The third-order valence-electron chi connectivity index (χ3n) is 5.66. The van der Waals surface area contributed by atoms with Gasteiger partial charge in [0, 0.05) is 13.5 Å². The van der Waals surface area contributed by atoms with Crippen LogP contribution in [0.3, 0.4) is 0 Å². The number of methoxy groups -OCH3 is 3. The summed E-state index contributed by atoms with van der Waals surface area (Å²) in [7, 11) is 4.80. The fourth-order valence-electron chi connectivity index (χ4n) is 3.88. The number of benzene rings is 1. The first-order valence-corrected chi connectivity index (χ1v) is 9.62. The normalized spacial score (nSPS) is 20.6. The van der Waals surface area contributed by atoms with E-state index in [2.05, 4.69) is 19.9 Å². The molecule has 3 rings (SSSR count). The number of phenolic OH excluding ortho intramolecular Hbond substituents is 1. The van der Waals surface area contributed by atoms with Gasteiger partial charge in [-0.2, -0.15) is 0 Å². The second kappa shape index (κ2) is 8.78. The molecule has 0 bridgehead atoms. The lowest BCUT2D eigenvalue weighted by atomic mass is 9.83. The van der Waals surface area contributed by atoms with Gasteiger partial charge in [0.15, 0.2) is 23.0 Å². The molecule has 1 aromatic carbocycles. The van der Waals surface area contributed by atoms with Gasteiger partial charge in [-0.25, -0.2) is 0 Å². The standard InChI is InChI=1S/C22H30O6/c1-13(6-15-8-17(23)21(26-5)18(9-15)24-3)14(2)7-16-10-19(25-4)22-20(11-16)27-12-28-22/h8-9,11,13-14,19,23H,6-7,10,12H2,1-5H3. The maximum atomic E-state index is 10.2. The van der Waals surface area contributed by atoms with E-state index in [1.165, 1.54) is 12.7 Å². The third kappa shape index (κ3) is 4.22. The molecule has 6 nitrogen and oxygen atoms in total. The largest absolute Gasteiger partial charge is 0.504 e. The first-order chi connectivity index (χ1) is 13.5. The minimum atomic E-state index is -0.0668. The van der Waals surface area contributed by atoms with E-state index in [-0.39, 0.29) is 18.6 Å². The van der Waals surface area contributed by atoms with E-state index in [0.717, 1.165) is 36.3 Å². The highest BCUT2D eigenvalue weighted by Crippen LogP contribution is 2.39. The summed E-state index contributed by atoms with van der Waals surface area (Å²) in [6.45, 7) is 4.75. The molecule has 3 unspecified atom stereocenters. The van der Waals surface area contributed by atoms with Gasteiger partial charge in [-0.1, -0.05) is 19.4 Å². The van der Waals surface area contributed by atoms with Gasteiger partial charge < -0.3 is 28.8 Å². The van der Waals surface area contributed by atoms with Crippen molar-refractivity contribution < 1.29 is 28.8 Å². The molecule has 0 radical (unpaired) electrons. The molecule has 154 valence electrons. The zero-order valence-electron chi connectivity index (χ0n) is 17.3. The van der Waals surface area contributed by atoms with Crippen LogP contribution in [-0.4, -0.2) is 39.3 Å². The van der Waals surface area contributed by atoms with Crippen LogP contribution in [0.15, 0.2) is 35.3 Å². The SMILES string of the molecule is COc1cc(CC(C)C(C)CC2=CC3=C(OCO3)C(OC)C2)cc(O)c1OC. The summed E-state index contributed by atoms with van der Waals surface area (Å²) in [5.41, 5.74) is 2.34. The molecule has 1 aliphatic heterocycles. The quantitative estimate of drug-likeness (QED) is 0.718. The van der Waals surface area contributed by atoms with E-state index in [0.29, 0.717) is 23.3 Å². The molecule has 0 fully saturated rings. The molecule has 0 saturated heterocycles. The maximum Gasteiger partial charge on any atom is 0.230 e. The highest BCUT2D eigenvalue weighted by atomic mass is 16.7. The van der Waals surface area contributed by atoms with Gasteiger partial charge in [0.1, 0.15) is 6.10 Å². The number of ether oxygens (including phenoxy) is 5. The average Bonchev–Trinajstić information content (AvgIpc) is 3.15. The molecule has 0 saturated carbocycles. The predicted molar refractivity (Wildman–Crippen MR) is 105 cm³/mol. The summed E-state index contributed by atoms with van der Waals surface area (Å²) < 4.78 is 27.2. The van der Waals surface area contributed by atoms with Crippen molar-refractivity contribution in [3.63, 3.8) is 0 Å². The first kappa shape index (κ1) is 20.4. The molecule has 6 heteroatoms. The average molecular weight is 390 g/mol. The lowest BCUT2D eigenvalue weighted by Gasteiger charge is -2.26. The van der Waals surface area contributed by atoms with Crippen LogP contribution >= 0.6 is 0 Å². The molecule has 0 spiro atoms. The Bertz CT molecular complexity index is 767. The van der Waals surface area contributed by atoms with Crippen molar-refractivity contribution in [3.8, 4) is 17.2 Å². The first-order valence-electron chi connectivity index (χ1n) is 9.62. The molecule has 1 heterocycles. The van der Waals surface area contributed by atoms with Gasteiger partial charge in [0.05, 0.1) is 14.2 Å². The molecule has 3 atom stereocenters. The van der Waals surface area contributed by atoms with Gasteiger partial charge in [-0.05, 0) is 48.4 Å². The second-order valence-electron chi connectivity index (χ2n) is 7.58. The number of allylic oxidation sites excluding steroid dienone is 1. The van der Waals surface area contributed by atoms with Crippen LogP contribution in [-0.2, 0) is 20.6 Å². The van der Waals surface area contributed by atoms with E-state index >= 15 is 0 Å². The van der Waals surface area contributed by atoms with Gasteiger partial charge in [0.25, 0.3) is 0 Å². The Kier molecular flexibility index (Phi) is 6.39. The molecule has 0 amide bonds. The fourth-order valence-corrected chi connectivity index (χ4v) is 3.88. The lowest BCUT2D eigenvalue weighted by molar-refractivity contribution is 0.0339. The zero-order valence-corrected chi connectivity index (χ0v) is 17.3. The number of aromatic hydroxyl groups is 1. The number of hydrogen-bond acceptors (Lipinski definition) is 6. The van der Waals surface area contributed by atoms with Gasteiger partial charge >= 0.3 is 0 Å². The fraction of sp³-hybridized carbons (Fsp3) is 0.545. The predicted octanol–water partition coefficient (Wildman–Crippen LogP) is 4.18. The summed E-state index contributed by atoms with van der Waals surface area (Å²) in [6.07, 6.45) is 4.66. The van der Waals surface area contributed by atoms with Crippen molar-refractivity contribution in [1.82, 2.24) is 0 Å². The van der Waals surface area contributed by atoms with Crippen LogP contribution in [0, 0.1) is 11.8 Å². The zero-order chi connectivity index (χ0) is 20.3. The highest BCUT2D eigenvalue weighted by molar-refractivity contribution is 5.53. The van der Waals surface area contributed by atoms with Crippen molar-refractivity contribution >= 4 is 0 Å². The summed E-state index contributed by atoms with van der Waals surface area (Å²) in [4.78, 5) is 0. The summed E-state index contributed by atoms with van der Waals surface area (Å²) >= 11 is 0. The molecule has 28 heavy (non-hydrogen) atoms. The Morgan fingerprint density at radius 3 is 2.50 bits per heavy atom. The van der Waals surface area contributed by atoms with Crippen molar-refractivity contribution in [1.29, 1.82) is 0 Å². The van der Waals surface area contributed by atoms with Gasteiger partial charge in [-0.3, -0.25) is 0 Å². The van der Waals surface area contributed by atoms with Crippen molar-refractivity contribution in [3.05, 3.63) is 40.9 Å². The van der Waals surface area contributed by atoms with Crippen molar-refractivity contribution in [2.24, 2.45) is 11.8 Å². The minimum absolute atomic E-state index is 0.0668. The van der Waals surface area contributed by atoms with Gasteiger partial charge in [0.2, 0.25) is 12.5 Å². The van der Waals surface area contributed by atoms with Crippen LogP contribution in [0.2, 0.25) is 0 Å². The van der Waals surface area contributed by atoms with Crippen molar-refractivity contribution in [2.75, 3.05) is 28.1 Å². The Balaban J connectivity index is 1.67. The van der Waals surface area contributed by atoms with Crippen molar-refractivity contribution in [2.45, 2.75) is 39.2 Å². The second-order valence-corrected chi connectivity index (χ2v) is 7.58. The monoisotopic (exact) mass is 390 g/mol. The summed E-state index contributed by atoms with van der Waals surface area (Å²) in [5, 5.41) is 10.2. The summed E-state index contributed by atoms with van der Waals surface area (Å²) in [5.74, 6) is 3.50. The Labute approximate surface area is 166 Å². The topological polar surface area (TPSA) is 66.4 Å². The molecular formula is C22H30O6. The molecular weight excluding hydrogens is 360 g/mol. The third-order valence-corrected chi connectivity index (χ3v) is 5.66. The molecule has 1 aliphatic carbocycles. The molecule has 1 aromatic rings. The Hall–Kier alpha value is -2.34. The molecule has 1 N–H and O–H groups in total. The van der Waals surface area contributed by atoms with E-state index < -0.39 is 0 Å². The lowest BCUT2D eigenvalue weighted by Crippen LogP contribution is -2.21. The van der Waals surface area contributed by atoms with E-state index in [4.69, 9.17) is 23.7 Å². The van der Waals surface area contributed by atoms with Crippen LogP contribution in [0.25, 0.3) is 0 Å². The van der Waals surface area contributed by atoms with Crippen LogP contribution < -0.4 is 9.47 Å². The number of phenols is 1. The van der Waals surface area contributed by atoms with E-state index in [9.17, 15) is 5.11 Å². The van der Waals surface area contributed by atoms with Crippen LogP contribution in [0.4, 0.5) is 0 Å². The highest BCUT2D eigenvalue weighted by Gasteiger charge is 2.31. The summed E-state index contributed by atoms with van der Waals surface area (Å²) in [6, 6.07) is 3.69. The smallest absolute Gasteiger partial charge is 0.230 e. The van der Waals surface area contributed by atoms with Crippen LogP contribution in [0.5, 0.6) is 17.2 Å². The molecule has 0 aromatic heterocycles. The number of rotatable bonds is 8. The van der Waals surface area contributed by atoms with Crippen LogP contribution in [0.1, 0.15) is 32.3 Å². The maximum absolute atomic E-state index is 10.2. The van der Waals surface area contributed by atoms with E-state index in [1.807, 2.05) is 6.07 Å². The van der Waals surface area contributed by atoms with Gasteiger partial charge in [-0.15, -0.1) is 0 Å². The Morgan fingerprint density at radius 1 is 1.07 bits per heavy atom. The Morgan fingerprint density at radius 2 is 1.82 bits per heavy atom. The minimum Gasteiger partial charge on any atom is -0.504 e. The molecule has 2 aliphatic rings. The number of hydrogen-bond donors (Lipinski definition) is 1. The van der Waals surface area contributed by atoms with E-state index in [1.54, 1.807) is 20.3 Å².